The third kappa shape index (κ3) is 3.73. The van der Waals surface area contributed by atoms with Gasteiger partial charge < -0.3 is 4.90 Å². The molecule has 0 aliphatic carbocycles. The topological polar surface area (TPSA) is 53.5 Å². The van der Waals surface area contributed by atoms with Gasteiger partial charge in [0.2, 0.25) is 10.0 Å². The van der Waals surface area contributed by atoms with Crippen molar-refractivity contribution in [2.75, 3.05) is 31.1 Å². The zero-order valence-corrected chi connectivity index (χ0v) is 15.0. The number of benzene rings is 1. The fourth-order valence-electron chi connectivity index (χ4n) is 2.66. The van der Waals surface area contributed by atoms with Gasteiger partial charge in [-0.25, -0.2) is 13.4 Å². The molecule has 2 heterocycles. The third-order valence-electron chi connectivity index (χ3n) is 3.87. The average Bonchev–Trinajstić information content (AvgIpc) is 2.83. The van der Waals surface area contributed by atoms with Crippen molar-refractivity contribution in [2.45, 2.75) is 11.3 Å². The second-order valence-electron chi connectivity index (χ2n) is 5.39. The number of hydrogen-bond donors (Lipinski definition) is 0. The van der Waals surface area contributed by atoms with Crippen molar-refractivity contribution in [3.05, 3.63) is 53.1 Å². The van der Waals surface area contributed by atoms with Gasteiger partial charge in [-0.05, 0) is 46.6 Å². The van der Waals surface area contributed by atoms with Crippen molar-refractivity contribution in [3.63, 3.8) is 0 Å². The van der Waals surface area contributed by atoms with E-state index in [0.29, 0.717) is 24.5 Å². The lowest BCUT2D eigenvalue weighted by Gasteiger charge is -2.22. The van der Waals surface area contributed by atoms with Gasteiger partial charge >= 0.3 is 0 Å². The van der Waals surface area contributed by atoms with Crippen LogP contribution in [0.25, 0.3) is 0 Å². The van der Waals surface area contributed by atoms with Crippen molar-refractivity contribution in [1.82, 2.24) is 9.29 Å². The van der Waals surface area contributed by atoms with Crippen LogP contribution in [0.15, 0.2) is 58.0 Å². The molecule has 5 nitrogen and oxygen atoms in total. The first kappa shape index (κ1) is 16.4. The molecule has 1 aliphatic rings. The number of rotatable bonds is 3. The zero-order valence-electron chi connectivity index (χ0n) is 12.6. The molecule has 122 valence electrons. The quantitative estimate of drug-likeness (QED) is 0.801. The summed E-state index contributed by atoms with van der Waals surface area (Å²) < 4.78 is 27.9. The van der Waals surface area contributed by atoms with Crippen molar-refractivity contribution >= 4 is 31.8 Å². The number of halogens is 1. The lowest BCUT2D eigenvalue weighted by atomic mass is 10.3. The molecule has 23 heavy (non-hydrogen) atoms. The predicted octanol–water partition coefficient (Wildman–Crippen LogP) is 2.75. The Balaban J connectivity index is 1.75. The van der Waals surface area contributed by atoms with E-state index in [1.807, 2.05) is 18.2 Å². The number of pyridine rings is 1. The highest BCUT2D eigenvalue weighted by atomic mass is 79.9. The van der Waals surface area contributed by atoms with Gasteiger partial charge in [-0.2, -0.15) is 4.31 Å². The van der Waals surface area contributed by atoms with E-state index in [0.717, 1.165) is 23.3 Å². The van der Waals surface area contributed by atoms with Gasteiger partial charge in [0, 0.05) is 36.8 Å². The Labute approximate surface area is 145 Å². The van der Waals surface area contributed by atoms with Gasteiger partial charge in [0.1, 0.15) is 5.82 Å². The van der Waals surface area contributed by atoms with Crippen LogP contribution in [0.4, 0.5) is 5.82 Å². The highest BCUT2D eigenvalue weighted by molar-refractivity contribution is 9.10. The van der Waals surface area contributed by atoms with Crippen LogP contribution < -0.4 is 4.90 Å². The fourth-order valence-corrected chi connectivity index (χ4v) is 4.39. The van der Waals surface area contributed by atoms with E-state index in [2.05, 4.69) is 25.8 Å². The van der Waals surface area contributed by atoms with E-state index in [4.69, 9.17) is 0 Å². The number of anilines is 1. The summed E-state index contributed by atoms with van der Waals surface area (Å²) in [6.45, 7) is 2.44. The summed E-state index contributed by atoms with van der Waals surface area (Å²) in [4.78, 5) is 6.89. The van der Waals surface area contributed by atoms with Crippen LogP contribution in [-0.2, 0) is 10.0 Å². The van der Waals surface area contributed by atoms with Gasteiger partial charge in [-0.1, -0.05) is 18.2 Å². The van der Waals surface area contributed by atoms with Crippen molar-refractivity contribution < 1.29 is 8.42 Å². The highest BCUT2D eigenvalue weighted by Crippen LogP contribution is 2.20. The Morgan fingerprint density at radius 2 is 1.74 bits per heavy atom. The molecule has 1 aromatic heterocycles. The van der Waals surface area contributed by atoms with Gasteiger partial charge in [0.15, 0.2) is 0 Å². The maximum atomic E-state index is 12.7. The van der Waals surface area contributed by atoms with Crippen LogP contribution >= 0.6 is 15.9 Å². The molecule has 1 fully saturated rings. The smallest absolute Gasteiger partial charge is 0.243 e. The molecule has 0 N–H and O–H groups in total. The summed E-state index contributed by atoms with van der Waals surface area (Å²) in [7, 11) is -3.42. The maximum absolute atomic E-state index is 12.7. The minimum Gasteiger partial charge on any atom is -0.355 e. The first-order valence-electron chi connectivity index (χ1n) is 7.49. The summed E-state index contributed by atoms with van der Waals surface area (Å²) in [5.74, 6) is 0.882. The largest absolute Gasteiger partial charge is 0.355 e. The number of hydrogen-bond acceptors (Lipinski definition) is 4. The molecule has 0 atom stereocenters. The summed E-state index contributed by atoms with van der Waals surface area (Å²) >= 11 is 3.38. The first-order chi connectivity index (χ1) is 11.1. The molecule has 0 saturated carbocycles. The molecular weight excluding hydrogens is 378 g/mol. The van der Waals surface area contributed by atoms with E-state index in [1.54, 1.807) is 34.8 Å². The Hall–Kier alpha value is -1.44. The summed E-state index contributed by atoms with van der Waals surface area (Å²) in [5.41, 5.74) is 0. The van der Waals surface area contributed by atoms with Gasteiger partial charge in [0.05, 0.1) is 4.90 Å². The molecular formula is C16H18BrN3O2S. The van der Waals surface area contributed by atoms with Gasteiger partial charge in [-0.15, -0.1) is 0 Å². The molecule has 3 rings (SSSR count). The average molecular weight is 396 g/mol. The molecule has 1 saturated heterocycles. The SMILES string of the molecule is O=S(=O)(c1ccccc1)N1CCCN(c2ccc(Br)cn2)CC1. The van der Waals surface area contributed by atoms with E-state index in [-0.39, 0.29) is 0 Å². The first-order valence-corrected chi connectivity index (χ1v) is 9.72. The van der Waals surface area contributed by atoms with Crippen LogP contribution in [0.5, 0.6) is 0 Å². The van der Waals surface area contributed by atoms with Crippen LogP contribution in [0.1, 0.15) is 6.42 Å². The Bertz CT molecular complexity index is 751. The molecule has 0 radical (unpaired) electrons. The van der Waals surface area contributed by atoms with E-state index in [1.165, 1.54) is 0 Å². The monoisotopic (exact) mass is 395 g/mol. The van der Waals surface area contributed by atoms with E-state index >= 15 is 0 Å². The molecule has 0 spiro atoms. The Morgan fingerprint density at radius 1 is 0.957 bits per heavy atom. The van der Waals surface area contributed by atoms with Crippen LogP contribution in [-0.4, -0.2) is 43.9 Å². The number of nitrogens with zero attached hydrogens (tertiary/aromatic N) is 3. The van der Waals surface area contributed by atoms with Crippen molar-refractivity contribution in [2.24, 2.45) is 0 Å². The summed E-state index contributed by atoms with van der Waals surface area (Å²) in [6, 6.07) is 12.5. The molecule has 0 amide bonds. The fraction of sp³-hybridized carbons (Fsp3) is 0.312. The predicted molar refractivity (Wildman–Crippen MR) is 94.0 cm³/mol. The molecule has 2 aromatic rings. The second kappa shape index (κ2) is 6.98. The van der Waals surface area contributed by atoms with Gasteiger partial charge in [-0.3, -0.25) is 0 Å². The minimum absolute atomic E-state index is 0.357. The number of sulfonamides is 1. The van der Waals surface area contributed by atoms with Crippen molar-refractivity contribution in [1.29, 1.82) is 0 Å². The van der Waals surface area contributed by atoms with Crippen LogP contribution in [0.3, 0.4) is 0 Å². The van der Waals surface area contributed by atoms with E-state index < -0.39 is 10.0 Å². The lowest BCUT2D eigenvalue weighted by molar-refractivity contribution is 0.433. The Kier molecular flexibility index (Phi) is 4.99. The molecule has 1 aromatic carbocycles. The lowest BCUT2D eigenvalue weighted by Crippen LogP contribution is -2.35. The molecule has 1 aliphatic heterocycles. The van der Waals surface area contributed by atoms with E-state index in [9.17, 15) is 8.42 Å². The molecule has 0 bridgehead atoms. The number of aromatic nitrogens is 1. The van der Waals surface area contributed by atoms with Crippen LogP contribution in [0.2, 0.25) is 0 Å². The molecule has 7 heteroatoms. The maximum Gasteiger partial charge on any atom is 0.243 e. The Morgan fingerprint density at radius 3 is 2.43 bits per heavy atom. The summed E-state index contributed by atoms with van der Waals surface area (Å²) in [6.07, 6.45) is 2.54. The standard InChI is InChI=1S/C16H18BrN3O2S/c17-14-7-8-16(18-13-14)19-9-4-10-20(12-11-19)23(21,22)15-5-2-1-3-6-15/h1-3,5-8,13H,4,9-12H2. The second-order valence-corrected chi connectivity index (χ2v) is 8.25. The minimum atomic E-state index is -3.42. The van der Waals surface area contributed by atoms with Gasteiger partial charge in [0.25, 0.3) is 0 Å². The molecule has 0 unspecified atom stereocenters. The van der Waals surface area contributed by atoms with Crippen molar-refractivity contribution in [3.8, 4) is 0 Å². The highest BCUT2D eigenvalue weighted by Gasteiger charge is 2.26. The zero-order chi connectivity index (χ0) is 16.3. The third-order valence-corrected chi connectivity index (χ3v) is 6.25. The summed E-state index contributed by atoms with van der Waals surface area (Å²) in [5, 5.41) is 0. The normalized spacial score (nSPS) is 17.0. The van der Waals surface area contributed by atoms with Crippen LogP contribution in [0, 0.1) is 0 Å².